The number of nitrogens with zero attached hydrogens (tertiary/aromatic N) is 1. The third kappa shape index (κ3) is 3.00. The number of carbonyl (C=O) groups excluding carboxylic acids is 1. The van der Waals surface area contributed by atoms with Gasteiger partial charge in [-0.3, -0.25) is 9.78 Å². The first-order valence-corrected chi connectivity index (χ1v) is 6.75. The summed E-state index contributed by atoms with van der Waals surface area (Å²) in [6, 6.07) is 18.8. The van der Waals surface area contributed by atoms with Crippen molar-refractivity contribution in [2.45, 2.75) is 6.04 Å². The summed E-state index contributed by atoms with van der Waals surface area (Å²) in [7, 11) is 0. The molecule has 4 heteroatoms. The van der Waals surface area contributed by atoms with Gasteiger partial charge in [-0.2, -0.15) is 0 Å². The molecule has 0 fully saturated rings. The highest BCUT2D eigenvalue weighted by atomic mass is 16.1. The standard InChI is InChI=1S/C17H15N3O/c21-17(15-10-6-12-19-15)20-16(13-7-2-1-3-8-13)14-9-4-5-11-18-14/h1-12,16,19H,(H,20,21). The van der Waals surface area contributed by atoms with E-state index < -0.39 is 0 Å². The van der Waals surface area contributed by atoms with E-state index in [1.807, 2.05) is 48.5 Å². The van der Waals surface area contributed by atoms with Gasteiger partial charge in [-0.15, -0.1) is 0 Å². The van der Waals surface area contributed by atoms with Crippen LogP contribution in [0.1, 0.15) is 27.8 Å². The molecule has 3 rings (SSSR count). The zero-order chi connectivity index (χ0) is 14.5. The van der Waals surface area contributed by atoms with Crippen molar-refractivity contribution in [2.75, 3.05) is 0 Å². The van der Waals surface area contributed by atoms with Gasteiger partial charge in [0.15, 0.2) is 0 Å². The monoisotopic (exact) mass is 277 g/mol. The summed E-state index contributed by atoms with van der Waals surface area (Å²) in [6.07, 6.45) is 3.46. The SMILES string of the molecule is O=C(NC(c1ccccc1)c1ccccn1)c1ccc[nH]1. The first kappa shape index (κ1) is 13.1. The van der Waals surface area contributed by atoms with Crippen LogP contribution >= 0.6 is 0 Å². The highest BCUT2D eigenvalue weighted by molar-refractivity contribution is 5.92. The molecule has 0 spiro atoms. The molecule has 0 aliphatic rings. The maximum atomic E-state index is 12.3. The molecular formula is C17H15N3O. The van der Waals surface area contributed by atoms with E-state index in [1.165, 1.54) is 0 Å². The van der Waals surface area contributed by atoms with Crippen molar-refractivity contribution in [3.63, 3.8) is 0 Å². The predicted molar refractivity (Wildman–Crippen MR) is 80.8 cm³/mol. The minimum atomic E-state index is -0.275. The quantitative estimate of drug-likeness (QED) is 0.770. The molecule has 0 bridgehead atoms. The van der Waals surface area contributed by atoms with Gasteiger partial charge in [0, 0.05) is 12.4 Å². The maximum Gasteiger partial charge on any atom is 0.268 e. The second kappa shape index (κ2) is 6.05. The number of hydrogen-bond acceptors (Lipinski definition) is 2. The van der Waals surface area contributed by atoms with E-state index in [0.717, 1.165) is 11.3 Å². The smallest absolute Gasteiger partial charge is 0.268 e. The normalized spacial score (nSPS) is 11.8. The topological polar surface area (TPSA) is 57.8 Å². The molecule has 3 aromatic rings. The molecule has 2 heterocycles. The summed E-state index contributed by atoms with van der Waals surface area (Å²) in [5.74, 6) is -0.153. The van der Waals surface area contributed by atoms with Crippen molar-refractivity contribution in [1.29, 1.82) is 0 Å². The van der Waals surface area contributed by atoms with Crippen molar-refractivity contribution in [3.8, 4) is 0 Å². The van der Waals surface area contributed by atoms with Gasteiger partial charge in [0.2, 0.25) is 0 Å². The fraction of sp³-hybridized carbons (Fsp3) is 0.0588. The number of H-pyrrole nitrogens is 1. The number of benzene rings is 1. The molecule has 0 saturated carbocycles. The predicted octanol–water partition coefficient (Wildman–Crippen LogP) is 2.93. The summed E-state index contributed by atoms with van der Waals surface area (Å²) in [4.78, 5) is 19.6. The number of nitrogens with one attached hydrogen (secondary N) is 2. The summed E-state index contributed by atoms with van der Waals surface area (Å²) < 4.78 is 0. The Balaban J connectivity index is 1.92. The Kier molecular flexibility index (Phi) is 3.78. The molecule has 104 valence electrons. The number of pyridine rings is 1. The van der Waals surface area contributed by atoms with Gasteiger partial charge in [-0.05, 0) is 29.8 Å². The van der Waals surface area contributed by atoms with Crippen LogP contribution in [0, 0.1) is 0 Å². The number of aromatic nitrogens is 2. The Labute approximate surface area is 122 Å². The van der Waals surface area contributed by atoms with Crippen molar-refractivity contribution < 1.29 is 4.79 Å². The van der Waals surface area contributed by atoms with E-state index in [4.69, 9.17) is 0 Å². The van der Waals surface area contributed by atoms with Gasteiger partial charge in [-0.1, -0.05) is 36.4 Å². The first-order valence-electron chi connectivity index (χ1n) is 6.75. The van der Waals surface area contributed by atoms with Crippen molar-refractivity contribution in [2.24, 2.45) is 0 Å². The van der Waals surface area contributed by atoms with Crippen LogP contribution in [0.3, 0.4) is 0 Å². The van der Waals surface area contributed by atoms with E-state index in [0.29, 0.717) is 5.69 Å². The Bertz CT molecular complexity index is 654. The zero-order valence-corrected chi connectivity index (χ0v) is 11.4. The van der Waals surface area contributed by atoms with Gasteiger partial charge in [-0.25, -0.2) is 0 Å². The minimum absolute atomic E-state index is 0.153. The average molecular weight is 277 g/mol. The van der Waals surface area contributed by atoms with Crippen LogP contribution in [0.25, 0.3) is 0 Å². The van der Waals surface area contributed by atoms with Crippen LogP contribution in [-0.4, -0.2) is 15.9 Å². The van der Waals surface area contributed by atoms with Crippen molar-refractivity contribution >= 4 is 5.91 Å². The molecule has 4 nitrogen and oxygen atoms in total. The second-order valence-corrected chi connectivity index (χ2v) is 4.66. The van der Waals surface area contributed by atoms with Crippen LogP contribution in [0.2, 0.25) is 0 Å². The second-order valence-electron chi connectivity index (χ2n) is 4.66. The fourth-order valence-electron chi connectivity index (χ4n) is 2.20. The van der Waals surface area contributed by atoms with Gasteiger partial charge >= 0.3 is 0 Å². The maximum absolute atomic E-state index is 12.3. The van der Waals surface area contributed by atoms with Crippen LogP contribution in [0.5, 0.6) is 0 Å². The summed E-state index contributed by atoms with van der Waals surface area (Å²) >= 11 is 0. The van der Waals surface area contributed by atoms with Gasteiger partial charge in [0.25, 0.3) is 5.91 Å². The fourth-order valence-corrected chi connectivity index (χ4v) is 2.20. The molecule has 0 aliphatic heterocycles. The summed E-state index contributed by atoms with van der Waals surface area (Å²) in [5, 5.41) is 3.02. The number of rotatable bonds is 4. The molecule has 0 saturated heterocycles. The van der Waals surface area contributed by atoms with E-state index >= 15 is 0 Å². The highest BCUT2D eigenvalue weighted by Gasteiger charge is 2.18. The van der Waals surface area contributed by atoms with Crippen LogP contribution in [-0.2, 0) is 0 Å². The van der Waals surface area contributed by atoms with E-state index in [1.54, 1.807) is 24.5 Å². The van der Waals surface area contributed by atoms with Crippen LogP contribution in [0.15, 0.2) is 73.1 Å². The van der Waals surface area contributed by atoms with Gasteiger partial charge < -0.3 is 10.3 Å². The molecule has 1 amide bonds. The first-order chi connectivity index (χ1) is 10.3. The molecular weight excluding hydrogens is 262 g/mol. The van der Waals surface area contributed by atoms with Crippen LogP contribution < -0.4 is 5.32 Å². The van der Waals surface area contributed by atoms with Gasteiger partial charge in [0.1, 0.15) is 5.69 Å². The Hall–Kier alpha value is -2.88. The Morgan fingerprint density at radius 1 is 1.00 bits per heavy atom. The third-order valence-corrected chi connectivity index (χ3v) is 3.23. The number of hydrogen-bond donors (Lipinski definition) is 2. The minimum Gasteiger partial charge on any atom is -0.357 e. The Morgan fingerprint density at radius 2 is 1.81 bits per heavy atom. The molecule has 0 radical (unpaired) electrons. The third-order valence-electron chi connectivity index (χ3n) is 3.23. The van der Waals surface area contributed by atoms with Crippen molar-refractivity contribution in [3.05, 3.63) is 90.0 Å². The number of aromatic amines is 1. The molecule has 2 N–H and O–H groups in total. The lowest BCUT2D eigenvalue weighted by Gasteiger charge is -2.18. The lowest BCUT2D eigenvalue weighted by molar-refractivity contribution is 0.0938. The summed E-state index contributed by atoms with van der Waals surface area (Å²) in [6.45, 7) is 0. The van der Waals surface area contributed by atoms with E-state index in [2.05, 4.69) is 15.3 Å². The number of carbonyl (C=O) groups is 1. The molecule has 21 heavy (non-hydrogen) atoms. The largest absolute Gasteiger partial charge is 0.357 e. The van der Waals surface area contributed by atoms with E-state index in [9.17, 15) is 4.79 Å². The Morgan fingerprint density at radius 3 is 2.48 bits per heavy atom. The molecule has 1 aromatic carbocycles. The van der Waals surface area contributed by atoms with E-state index in [-0.39, 0.29) is 11.9 Å². The van der Waals surface area contributed by atoms with Crippen LogP contribution in [0.4, 0.5) is 0 Å². The summed E-state index contributed by atoms with van der Waals surface area (Å²) in [5.41, 5.74) is 2.34. The lowest BCUT2D eigenvalue weighted by atomic mass is 10.0. The average Bonchev–Trinajstić information content (AvgIpc) is 3.09. The molecule has 1 unspecified atom stereocenters. The number of amides is 1. The molecule has 1 atom stereocenters. The zero-order valence-electron chi connectivity index (χ0n) is 11.4. The molecule has 2 aromatic heterocycles. The van der Waals surface area contributed by atoms with Gasteiger partial charge in [0.05, 0.1) is 11.7 Å². The van der Waals surface area contributed by atoms with Crippen molar-refractivity contribution in [1.82, 2.24) is 15.3 Å². The lowest BCUT2D eigenvalue weighted by Crippen LogP contribution is -2.30. The molecule has 0 aliphatic carbocycles. The highest BCUT2D eigenvalue weighted by Crippen LogP contribution is 2.20.